The molecule has 0 amide bonds. The molecule has 0 aromatic heterocycles. The summed E-state index contributed by atoms with van der Waals surface area (Å²) in [4.78, 5) is 27.0. The summed E-state index contributed by atoms with van der Waals surface area (Å²) in [5.74, 6) is -2.50. The van der Waals surface area contributed by atoms with E-state index in [0.29, 0.717) is 0 Å². The molecule has 0 fully saturated rings. The Morgan fingerprint density at radius 2 is 0.692 bits per heavy atom. The fourth-order valence-corrected chi connectivity index (χ4v) is 0. The van der Waals surface area contributed by atoms with Crippen molar-refractivity contribution in [2.45, 2.75) is 20.8 Å². The predicted octanol–water partition coefficient (Wildman–Crippen LogP) is -2.72. The molecule has 0 radical (unpaired) electrons. The molecule has 0 heterocycles. The zero-order valence-electron chi connectivity index (χ0n) is 8.07. The van der Waals surface area contributed by atoms with Crippen LogP contribution in [0.1, 0.15) is 20.8 Å². The van der Waals surface area contributed by atoms with Crippen LogP contribution in [0.4, 0.5) is 0 Å². The first-order valence-corrected chi connectivity index (χ1v) is 2.78. The van der Waals surface area contributed by atoms with Crippen molar-refractivity contribution >= 4 is 17.9 Å². The first-order chi connectivity index (χ1) is 5.20. The third-order valence-electron chi connectivity index (χ3n) is 0. The van der Waals surface area contributed by atoms with Gasteiger partial charge >= 0.3 is 29.6 Å². The fraction of sp³-hybridized carbons (Fsp3) is 0.500. The van der Waals surface area contributed by atoms with Crippen molar-refractivity contribution in [2.75, 3.05) is 0 Å². The molecule has 0 aliphatic heterocycles. The average Bonchev–Trinajstić information content (AvgIpc) is 1.54. The van der Waals surface area contributed by atoms with Crippen LogP contribution < -0.4 is 29.6 Å². The molecule has 0 bridgehead atoms. The molecular weight excluding hydrogens is 191 g/mol. The van der Waals surface area contributed by atoms with Crippen LogP contribution in [0.2, 0.25) is 0 Å². The molecule has 7 heteroatoms. The summed E-state index contributed by atoms with van der Waals surface area (Å²) in [5, 5.41) is 22.2. The summed E-state index contributed by atoms with van der Waals surface area (Å²) in [6.45, 7) is 3.25. The maximum atomic E-state index is 9.00. The van der Waals surface area contributed by atoms with Gasteiger partial charge < -0.3 is 15.3 Å². The molecule has 0 rings (SSSR count). The summed E-state index contributed by atoms with van der Waals surface area (Å²) in [6, 6.07) is 0. The van der Waals surface area contributed by atoms with Gasteiger partial charge in [-0.05, 0) is 0 Å². The molecule has 0 spiro atoms. The molecule has 0 saturated carbocycles. The Bertz CT molecular complexity index is 115. The van der Waals surface area contributed by atoms with Crippen LogP contribution in [0.5, 0.6) is 0 Å². The predicted molar refractivity (Wildman–Crippen MR) is 39.9 cm³/mol. The fourth-order valence-electron chi connectivity index (χ4n) is 0. The summed E-state index contributed by atoms with van der Waals surface area (Å²) in [7, 11) is 0. The van der Waals surface area contributed by atoms with Crippen molar-refractivity contribution in [2.24, 2.45) is 0 Å². The van der Waals surface area contributed by atoms with Gasteiger partial charge in [-0.15, -0.1) is 0 Å². The normalized spacial score (nSPS) is 5.77. The minimum absolute atomic E-state index is 0. The second kappa shape index (κ2) is 17.5. The number of aliphatic carboxylic acids is 3. The van der Waals surface area contributed by atoms with Crippen molar-refractivity contribution in [3.63, 3.8) is 0 Å². The summed E-state index contributed by atoms with van der Waals surface area (Å²) < 4.78 is 0. The van der Waals surface area contributed by atoms with Crippen molar-refractivity contribution in [3.8, 4) is 0 Å². The van der Waals surface area contributed by atoms with Crippen molar-refractivity contribution in [1.82, 2.24) is 0 Å². The third-order valence-corrected chi connectivity index (χ3v) is 0. The molecule has 0 aromatic carbocycles. The molecule has 0 aliphatic rings. The van der Waals surface area contributed by atoms with E-state index in [2.05, 4.69) is 0 Å². The van der Waals surface area contributed by atoms with Gasteiger partial charge in [0.1, 0.15) is 0 Å². The minimum Gasteiger partial charge on any atom is -0.481 e. The van der Waals surface area contributed by atoms with Gasteiger partial charge in [-0.2, -0.15) is 0 Å². The van der Waals surface area contributed by atoms with Gasteiger partial charge in [0, 0.05) is 20.8 Å². The first kappa shape index (κ1) is 22.8. The van der Waals surface area contributed by atoms with Crippen LogP contribution in [0, 0.1) is 0 Å². The van der Waals surface area contributed by atoms with Crippen LogP contribution in [0.3, 0.4) is 0 Å². The Morgan fingerprint density at radius 1 is 0.692 bits per heavy atom. The van der Waals surface area contributed by atoms with Gasteiger partial charge in [0.05, 0.1) is 0 Å². The zero-order valence-corrected chi connectivity index (χ0v) is 10.1. The summed E-state index contributed by atoms with van der Waals surface area (Å²) >= 11 is 0. The third kappa shape index (κ3) is 2900. The average molecular weight is 203 g/mol. The molecule has 13 heavy (non-hydrogen) atoms. The molecule has 0 unspecified atom stereocenters. The maximum absolute atomic E-state index is 9.00. The Balaban J connectivity index is -0.0000000450. The van der Waals surface area contributed by atoms with E-state index in [1.54, 1.807) is 0 Å². The number of carboxylic acids is 3. The van der Waals surface area contributed by atoms with Crippen LogP contribution in [0.25, 0.3) is 0 Å². The molecule has 3 N–H and O–H groups in total. The Morgan fingerprint density at radius 3 is 0.692 bits per heavy atom. The SMILES string of the molecule is CC(=O)O.CC(=O)O.CC(=O)O.[Na+]. The van der Waals surface area contributed by atoms with E-state index in [1.807, 2.05) is 0 Å². The van der Waals surface area contributed by atoms with E-state index in [4.69, 9.17) is 29.7 Å². The second-order valence-corrected chi connectivity index (χ2v) is 1.56. The quantitative estimate of drug-likeness (QED) is 0.369. The van der Waals surface area contributed by atoms with Gasteiger partial charge in [-0.1, -0.05) is 0 Å². The Kier molecular flexibility index (Phi) is 30.7. The van der Waals surface area contributed by atoms with E-state index in [9.17, 15) is 0 Å². The Hall–Kier alpha value is -0.590. The van der Waals surface area contributed by atoms with E-state index < -0.39 is 17.9 Å². The Labute approximate surface area is 97.9 Å². The van der Waals surface area contributed by atoms with Crippen LogP contribution in [0.15, 0.2) is 0 Å². The van der Waals surface area contributed by atoms with Gasteiger partial charge in [0.15, 0.2) is 0 Å². The minimum atomic E-state index is -0.833. The number of rotatable bonds is 0. The molecule has 0 saturated heterocycles. The van der Waals surface area contributed by atoms with Crippen LogP contribution >= 0.6 is 0 Å². The zero-order chi connectivity index (χ0) is 10.7. The summed E-state index contributed by atoms with van der Waals surface area (Å²) in [5.41, 5.74) is 0. The summed E-state index contributed by atoms with van der Waals surface area (Å²) in [6.07, 6.45) is 0. The molecule has 72 valence electrons. The van der Waals surface area contributed by atoms with E-state index in [-0.39, 0.29) is 29.6 Å². The molecule has 0 aliphatic carbocycles. The van der Waals surface area contributed by atoms with Gasteiger partial charge in [-0.3, -0.25) is 14.4 Å². The van der Waals surface area contributed by atoms with Gasteiger partial charge in [0.25, 0.3) is 17.9 Å². The van der Waals surface area contributed by atoms with Crippen LogP contribution in [-0.2, 0) is 14.4 Å². The van der Waals surface area contributed by atoms with Crippen molar-refractivity contribution < 1.29 is 59.3 Å². The number of hydrogen-bond acceptors (Lipinski definition) is 3. The van der Waals surface area contributed by atoms with E-state index >= 15 is 0 Å². The smallest absolute Gasteiger partial charge is 0.481 e. The van der Waals surface area contributed by atoms with Crippen LogP contribution in [-0.4, -0.2) is 33.2 Å². The van der Waals surface area contributed by atoms with Crippen molar-refractivity contribution in [1.29, 1.82) is 0 Å². The topological polar surface area (TPSA) is 112 Å². The van der Waals surface area contributed by atoms with Crippen molar-refractivity contribution in [3.05, 3.63) is 0 Å². The number of carbonyl (C=O) groups is 3. The number of hydrogen-bond donors (Lipinski definition) is 3. The molecule has 0 aromatic rings. The van der Waals surface area contributed by atoms with E-state index in [1.165, 1.54) is 0 Å². The molecule has 0 atom stereocenters. The van der Waals surface area contributed by atoms with Gasteiger partial charge in [-0.25, -0.2) is 0 Å². The monoisotopic (exact) mass is 203 g/mol. The van der Waals surface area contributed by atoms with E-state index in [0.717, 1.165) is 20.8 Å². The first-order valence-electron chi connectivity index (χ1n) is 2.78. The standard InChI is InChI=1S/3C2H4O2.Na/c3*1-2(3)4;/h3*1H3,(H,3,4);/q;;;+1. The number of carboxylic acid groups (broad SMARTS) is 3. The van der Waals surface area contributed by atoms with Gasteiger partial charge in [0.2, 0.25) is 0 Å². The second-order valence-electron chi connectivity index (χ2n) is 1.56. The molecular formula is C6H12NaO6+. The largest absolute Gasteiger partial charge is 1.00 e. The maximum Gasteiger partial charge on any atom is 1.00 e. The molecule has 6 nitrogen and oxygen atoms in total.